The number of likely N-dealkylation sites (N-methyl/N-ethyl adjacent to an activating group) is 1. The molecule has 4 heterocycles. The molecule has 2 aliphatic heterocycles. The zero-order valence-corrected chi connectivity index (χ0v) is 17.5. The van der Waals surface area contributed by atoms with Crippen LogP contribution in [0.2, 0.25) is 0 Å². The van der Waals surface area contributed by atoms with Crippen LogP contribution in [0.5, 0.6) is 0 Å². The number of rotatable bonds is 3. The van der Waals surface area contributed by atoms with Gasteiger partial charge in [0, 0.05) is 69.2 Å². The van der Waals surface area contributed by atoms with E-state index >= 15 is 0 Å². The number of nitriles is 1. The summed E-state index contributed by atoms with van der Waals surface area (Å²) >= 11 is 3.38. The number of halogens is 1. The van der Waals surface area contributed by atoms with Crippen LogP contribution in [0.1, 0.15) is 5.56 Å². The molecule has 0 bridgehead atoms. The van der Waals surface area contributed by atoms with Crippen LogP contribution in [0.25, 0.3) is 0 Å². The van der Waals surface area contributed by atoms with Crippen LogP contribution in [0.3, 0.4) is 0 Å². The van der Waals surface area contributed by atoms with E-state index in [1.807, 2.05) is 18.3 Å². The molecule has 2 aromatic rings. The maximum atomic E-state index is 9.40. The summed E-state index contributed by atoms with van der Waals surface area (Å²) in [6.45, 7) is 7.26. The van der Waals surface area contributed by atoms with E-state index in [1.54, 1.807) is 6.20 Å². The zero-order valence-electron chi connectivity index (χ0n) is 15.9. The van der Waals surface area contributed by atoms with Crippen LogP contribution in [0.15, 0.2) is 29.0 Å². The van der Waals surface area contributed by atoms with Crippen LogP contribution in [0.4, 0.5) is 17.6 Å². The lowest BCUT2D eigenvalue weighted by molar-refractivity contribution is 0.312. The van der Waals surface area contributed by atoms with E-state index in [1.165, 1.54) is 0 Å². The van der Waals surface area contributed by atoms with Gasteiger partial charge in [0.15, 0.2) is 0 Å². The highest BCUT2D eigenvalue weighted by Gasteiger charge is 2.23. The van der Waals surface area contributed by atoms with E-state index in [2.05, 4.69) is 58.6 Å². The van der Waals surface area contributed by atoms with Crippen molar-refractivity contribution in [2.24, 2.45) is 0 Å². The van der Waals surface area contributed by atoms with E-state index in [0.717, 1.165) is 74.4 Å². The summed E-state index contributed by atoms with van der Waals surface area (Å²) in [6, 6.07) is 6.05. The van der Waals surface area contributed by atoms with Crippen molar-refractivity contribution < 1.29 is 0 Å². The Hall–Kier alpha value is -2.44. The number of anilines is 3. The lowest BCUT2D eigenvalue weighted by Crippen LogP contribution is -2.48. The largest absolute Gasteiger partial charge is 0.354 e. The van der Waals surface area contributed by atoms with Gasteiger partial charge in [0.1, 0.15) is 17.7 Å². The van der Waals surface area contributed by atoms with Crippen LogP contribution in [-0.4, -0.2) is 79.3 Å². The molecule has 28 heavy (non-hydrogen) atoms. The molecule has 0 N–H and O–H groups in total. The molecule has 2 aliphatic rings. The number of hydrogen-bond donors (Lipinski definition) is 0. The van der Waals surface area contributed by atoms with Gasteiger partial charge in [0.05, 0.1) is 5.56 Å². The van der Waals surface area contributed by atoms with E-state index in [-0.39, 0.29) is 0 Å². The Morgan fingerprint density at radius 2 is 1.64 bits per heavy atom. The van der Waals surface area contributed by atoms with Crippen molar-refractivity contribution in [3.63, 3.8) is 0 Å². The highest BCUT2D eigenvalue weighted by atomic mass is 79.9. The summed E-state index contributed by atoms with van der Waals surface area (Å²) in [5.74, 6) is 2.53. The minimum atomic E-state index is 0.594. The Morgan fingerprint density at radius 3 is 2.36 bits per heavy atom. The summed E-state index contributed by atoms with van der Waals surface area (Å²) in [5, 5.41) is 9.40. The second-order valence-corrected chi connectivity index (χ2v) is 8.03. The first-order chi connectivity index (χ1) is 13.6. The van der Waals surface area contributed by atoms with Gasteiger partial charge >= 0.3 is 0 Å². The third kappa shape index (κ3) is 4.03. The molecule has 0 aromatic carbocycles. The molecule has 2 fully saturated rings. The van der Waals surface area contributed by atoms with Crippen LogP contribution in [0, 0.1) is 11.3 Å². The zero-order chi connectivity index (χ0) is 19.5. The van der Waals surface area contributed by atoms with Crippen LogP contribution in [-0.2, 0) is 0 Å². The predicted octanol–water partition coefficient (Wildman–Crippen LogP) is 1.58. The number of nitrogens with zero attached hydrogens (tertiary/aromatic N) is 8. The summed E-state index contributed by atoms with van der Waals surface area (Å²) < 4.78 is 0.820. The van der Waals surface area contributed by atoms with E-state index < -0.39 is 0 Å². The second kappa shape index (κ2) is 8.29. The maximum absolute atomic E-state index is 9.40. The molecule has 146 valence electrons. The van der Waals surface area contributed by atoms with Gasteiger partial charge in [-0.1, -0.05) is 0 Å². The van der Waals surface area contributed by atoms with Crippen LogP contribution < -0.4 is 14.7 Å². The van der Waals surface area contributed by atoms with Crippen molar-refractivity contribution in [3.8, 4) is 6.07 Å². The fraction of sp³-hybridized carbons (Fsp3) is 0.474. The first-order valence-corrected chi connectivity index (χ1v) is 10.3. The Morgan fingerprint density at radius 1 is 0.964 bits per heavy atom. The third-order valence-electron chi connectivity index (χ3n) is 5.27. The van der Waals surface area contributed by atoms with Gasteiger partial charge in [0.25, 0.3) is 0 Å². The molecule has 4 rings (SSSR count). The van der Waals surface area contributed by atoms with Gasteiger partial charge < -0.3 is 19.6 Å². The Kier molecular flexibility index (Phi) is 5.59. The molecule has 0 unspecified atom stereocenters. The molecule has 0 atom stereocenters. The number of hydrogen-bond acceptors (Lipinski definition) is 8. The quantitative estimate of drug-likeness (QED) is 0.708. The van der Waals surface area contributed by atoms with Crippen molar-refractivity contribution in [2.45, 2.75) is 0 Å². The fourth-order valence-corrected chi connectivity index (χ4v) is 3.92. The lowest BCUT2D eigenvalue weighted by atomic mass is 10.2. The lowest BCUT2D eigenvalue weighted by Gasteiger charge is -2.36. The number of pyridine rings is 1. The second-order valence-electron chi connectivity index (χ2n) is 7.12. The Balaban J connectivity index is 1.43. The third-order valence-corrected chi connectivity index (χ3v) is 5.70. The van der Waals surface area contributed by atoms with Crippen molar-refractivity contribution in [3.05, 3.63) is 34.6 Å². The van der Waals surface area contributed by atoms with Crippen molar-refractivity contribution >= 4 is 33.5 Å². The molecular weight excluding hydrogens is 420 g/mol. The average Bonchev–Trinajstić information content (AvgIpc) is 2.74. The van der Waals surface area contributed by atoms with Gasteiger partial charge in [-0.15, -0.1) is 0 Å². The SMILES string of the molecule is CN1CCN(c2ccnc(N3CCN(c4ncc(Br)cc4C#N)CC3)n2)CC1. The van der Waals surface area contributed by atoms with E-state index in [4.69, 9.17) is 4.98 Å². The molecule has 0 amide bonds. The summed E-state index contributed by atoms with van der Waals surface area (Å²) in [4.78, 5) is 22.8. The molecular formula is C19H23BrN8. The molecule has 8 nitrogen and oxygen atoms in total. The van der Waals surface area contributed by atoms with Crippen molar-refractivity contribution in [1.82, 2.24) is 19.9 Å². The summed E-state index contributed by atoms with van der Waals surface area (Å²) in [7, 11) is 2.15. The summed E-state index contributed by atoms with van der Waals surface area (Å²) in [5.41, 5.74) is 0.594. The minimum Gasteiger partial charge on any atom is -0.354 e. The fourth-order valence-electron chi connectivity index (χ4n) is 3.59. The Labute approximate surface area is 173 Å². The van der Waals surface area contributed by atoms with Crippen molar-refractivity contribution in [1.29, 1.82) is 5.26 Å². The molecule has 0 aliphatic carbocycles. The Bertz CT molecular complexity index is 866. The first kappa shape index (κ1) is 18.9. The number of piperazine rings is 2. The normalized spacial score (nSPS) is 18.2. The first-order valence-electron chi connectivity index (χ1n) is 9.46. The molecule has 2 saturated heterocycles. The topological polar surface area (TPSA) is 75.4 Å². The highest BCUT2D eigenvalue weighted by molar-refractivity contribution is 9.10. The standard InChI is InChI=1S/C19H23BrN8/c1-25-4-6-26(7-5-25)17-2-3-22-19(24-17)28-10-8-27(9-11-28)18-15(13-21)12-16(20)14-23-18/h2-3,12,14H,4-11H2,1H3. The average molecular weight is 443 g/mol. The van der Waals surface area contributed by atoms with Crippen LogP contribution >= 0.6 is 15.9 Å². The molecule has 0 radical (unpaired) electrons. The van der Waals surface area contributed by atoms with E-state index in [0.29, 0.717) is 5.56 Å². The highest BCUT2D eigenvalue weighted by Crippen LogP contribution is 2.23. The number of aromatic nitrogens is 3. The molecule has 0 spiro atoms. The van der Waals surface area contributed by atoms with Gasteiger partial charge in [-0.2, -0.15) is 10.2 Å². The predicted molar refractivity (Wildman–Crippen MR) is 113 cm³/mol. The minimum absolute atomic E-state index is 0.594. The summed E-state index contributed by atoms with van der Waals surface area (Å²) in [6.07, 6.45) is 3.59. The van der Waals surface area contributed by atoms with Gasteiger partial charge in [-0.25, -0.2) is 9.97 Å². The smallest absolute Gasteiger partial charge is 0.227 e. The molecule has 0 saturated carbocycles. The maximum Gasteiger partial charge on any atom is 0.227 e. The van der Waals surface area contributed by atoms with Gasteiger partial charge in [-0.3, -0.25) is 0 Å². The molecule has 9 heteroatoms. The van der Waals surface area contributed by atoms with Crippen molar-refractivity contribution in [2.75, 3.05) is 74.1 Å². The van der Waals surface area contributed by atoms with Gasteiger partial charge in [0.2, 0.25) is 5.95 Å². The monoisotopic (exact) mass is 442 g/mol. The van der Waals surface area contributed by atoms with E-state index in [9.17, 15) is 5.26 Å². The van der Waals surface area contributed by atoms with Gasteiger partial charge in [-0.05, 0) is 35.1 Å². The molecule has 2 aromatic heterocycles.